The van der Waals surface area contributed by atoms with Gasteiger partial charge in [0.05, 0.1) is 5.56 Å². The highest BCUT2D eigenvalue weighted by Crippen LogP contribution is 2.10. The number of fused-ring (bicyclic) bond motifs is 1. The fraction of sp³-hybridized carbons (Fsp3) is 0. The van der Waals surface area contributed by atoms with Gasteiger partial charge in [0.25, 0.3) is 5.91 Å². The van der Waals surface area contributed by atoms with Crippen LogP contribution in [-0.2, 0) is 0 Å². The highest BCUT2D eigenvalue weighted by molar-refractivity contribution is 6.03. The first-order valence-electron chi connectivity index (χ1n) is 3.37. The number of halogens is 1. The zero-order chi connectivity index (χ0) is 8.55. The quantitative estimate of drug-likeness (QED) is 0.699. The smallest absolute Gasteiger partial charge is 0.252 e. The van der Waals surface area contributed by atoms with Crippen LogP contribution in [0.1, 0.15) is 10.4 Å². The lowest BCUT2D eigenvalue weighted by molar-refractivity contribution is 0.100. The van der Waals surface area contributed by atoms with E-state index in [9.17, 15) is 4.79 Å². The summed E-state index contributed by atoms with van der Waals surface area (Å²) < 4.78 is 0. The predicted molar refractivity (Wildman–Crippen MR) is 49.7 cm³/mol. The zero-order valence-corrected chi connectivity index (χ0v) is 7.34. The number of nitrogens with one attached hydrogen (secondary N) is 1. The van der Waals surface area contributed by atoms with Crippen molar-refractivity contribution in [1.82, 2.24) is 15.0 Å². The number of rotatable bonds is 1. The Morgan fingerprint density at radius 3 is 2.77 bits per heavy atom. The van der Waals surface area contributed by atoms with Crippen molar-refractivity contribution in [1.29, 1.82) is 0 Å². The van der Waals surface area contributed by atoms with Gasteiger partial charge in [0, 0.05) is 18.6 Å². The molecular weight excluding hydrogens is 192 g/mol. The standard InChI is InChI=1S/C7H6N4O.ClH/c8-6(12)4-3-11-7-5(4)9-1-2-10-7;/h1-3H,(H2,8,12)(H,10,11);1H. The topological polar surface area (TPSA) is 84.7 Å². The molecule has 68 valence electrons. The van der Waals surface area contributed by atoms with E-state index in [-0.39, 0.29) is 12.4 Å². The van der Waals surface area contributed by atoms with E-state index in [1.165, 1.54) is 12.4 Å². The first kappa shape index (κ1) is 9.47. The van der Waals surface area contributed by atoms with Crippen LogP contribution >= 0.6 is 12.4 Å². The van der Waals surface area contributed by atoms with Crippen LogP contribution in [0.4, 0.5) is 0 Å². The van der Waals surface area contributed by atoms with Gasteiger partial charge in [-0.25, -0.2) is 4.98 Å². The van der Waals surface area contributed by atoms with Gasteiger partial charge in [-0.05, 0) is 0 Å². The van der Waals surface area contributed by atoms with Crippen molar-refractivity contribution in [2.45, 2.75) is 0 Å². The van der Waals surface area contributed by atoms with Crippen molar-refractivity contribution >= 4 is 29.5 Å². The molecule has 0 aliphatic carbocycles. The minimum atomic E-state index is -0.498. The van der Waals surface area contributed by atoms with Crippen LogP contribution in [0.5, 0.6) is 0 Å². The molecule has 2 aromatic heterocycles. The number of hydrogen-bond donors (Lipinski definition) is 2. The van der Waals surface area contributed by atoms with Crippen molar-refractivity contribution in [2.24, 2.45) is 5.73 Å². The molecule has 0 aromatic carbocycles. The minimum Gasteiger partial charge on any atom is -0.365 e. The summed E-state index contributed by atoms with van der Waals surface area (Å²) in [5.74, 6) is -0.498. The number of primary amides is 1. The van der Waals surface area contributed by atoms with E-state index in [0.29, 0.717) is 16.7 Å². The summed E-state index contributed by atoms with van der Waals surface area (Å²) in [5, 5.41) is 0. The molecule has 2 aromatic rings. The third kappa shape index (κ3) is 1.46. The highest BCUT2D eigenvalue weighted by atomic mass is 35.5. The maximum Gasteiger partial charge on any atom is 0.252 e. The molecule has 0 saturated carbocycles. The summed E-state index contributed by atoms with van der Waals surface area (Å²) in [4.78, 5) is 21.5. The lowest BCUT2D eigenvalue weighted by Gasteiger charge is -1.88. The predicted octanol–water partition coefficient (Wildman–Crippen LogP) is 0.479. The molecule has 0 bridgehead atoms. The Hall–Kier alpha value is -1.62. The molecule has 1 amide bonds. The Morgan fingerprint density at radius 1 is 1.38 bits per heavy atom. The number of carbonyl (C=O) groups is 1. The zero-order valence-electron chi connectivity index (χ0n) is 6.52. The van der Waals surface area contributed by atoms with E-state index in [1.54, 1.807) is 6.20 Å². The van der Waals surface area contributed by atoms with E-state index >= 15 is 0 Å². The number of nitrogens with two attached hydrogens (primary N) is 1. The Bertz CT molecular complexity index is 439. The molecule has 0 unspecified atom stereocenters. The first-order chi connectivity index (χ1) is 5.79. The van der Waals surface area contributed by atoms with Gasteiger partial charge >= 0.3 is 0 Å². The van der Waals surface area contributed by atoms with Gasteiger partial charge in [0.15, 0.2) is 5.65 Å². The number of nitrogens with zero attached hydrogens (tertiary/aromatic N) is 2. The Morgan fingerprint density at radius 2 is 2.08 bits per heavy atom. The molecule has 0 fully saturated rings. The van der Waals surface area contributed by atoms with Crippen molar-refractivity contribution in [2.75, 3.05) is 0 Å². The van der Waals surface area contributed by atoms with Crippen LogP contribution in [0.2, 0.25) is 0 Å². The van der Waals surface area contributed by atoms with E-state index in [1.807, 2.05) is 0 Å². The lowest BCUT2D eigenvalue weighted by Crippen LogP contribution is -2.10. The van der Waals surface area contributed by atoms with Crippen LogP contribution in [0.3, 0.4) is 0 Å². The number of hydrogen-bond acceptors (Lipinski definition) is 3. The second-order valence-corrected chi connectivity index (χ2v) is 2.32. The maximum absolute atomic E-state index is 10.8. The van der Waals surface area contributed by atoms with Crippen molar-refractivity contribution in [3.8, 4) is 0 Å². The van der Waals surface area contributed by atoms with Gasteiger partial charge in [-0.2, -0.15) is 0 Å². The van der Waals surface area contributed by atoms with Gasteiger partial charge < -0.3 is 10.7 Å². The molecule has 2 rings (SSSR count). The number of carbonyl (C=O) groups excluding carboxylic acids is 1. The normalized spacial score (nSPS) is 9.54. The van der Waals surface area contributed by atoms with Crippen molar-refractivity contribution in [3.05, 3.63) is 24.2 Å². The van der Waals surface area contributed by atoms with Crippen LogP contribution in [-0.4, -0.2) is 20.9 Å². The van der Waals surface area contributed by atoms with Crippen molar-refractivity contribution in [3.63, 3.8) is 0 Å². The molecule has 0 atom stereocenters. The number of aromatic amines is 1. The third-order valence-electron chi connectivity index (χ3n) is 1.57. The van der Waals surface area contributed by atoms with Crippen molar-refractivity contribution < 1.29 is 4.79 Å². The van der Waals surface area contributed by atoms with Crippen LogP contribution < -0.4 is 5.73 Å². The molecule has 2 heterocycles. The second-order valence-electron chi connectivity index (χ2n) is 2.32. The van der Waals surface area contributed by atoms with E-state index in [0.717, 1.165) is 0 Å². The number of amides is 1. The Labute approximate surface area is 79.8 Å². The molecule has 6 heteroatoms. The molecule has 0 aliphatic heterocycles. The van der Waals surface area contributed by atoms with Crippen LogP contribution in [0.25, 0.3) is 11.2 Å². The summed E-state index contributed by atoms with van der Waals surface area (Å²) in [6.07, 6.45) is 4.57. The SMILES string of the molecule is Cl.NC(=O)c1c[nH]c2nccnc12. The van der Waals surface area contributed by atoms with E-state index in [4.69, 9.17) is 5.73 Å². The van der Waals surface area contributed by atoms with Gasteiger partial charge in [-0.1, -0.05) is 0 Å². The highest BCUT2D eigenvalue weighted by Gasteiger charge is 2.08. The summed E-state index contributed by atoms with van der Waals surface area (Å²) in [5.41, 5.74) is 6.56. The number of aromatic nitrogens is 3. The fourth-order valence-corrected chi connectivity index (χ4v) is 1.04. The molecule has 0 radical (unpaired) electrons. The molecule has 13 heavy (non-hydrogen) atoms. The van der Waals surface area contributed by atoms with Crippen LogP contribution in [0.15, 0.2) is 18.6 Å². The first-order valence-corrected chi connectivity index (χ1v) is 3.37. The van der Waals surface area contributed by atoms with Gasteiger partial charge in [0.2, 0.25) is 0 Å². The maximum atomic E-state index is 10.8. The van der Waals surface area contributed by atoms with Crippen LogP contribution in [0, 0.1) is 0 Å². The molecule has 0 aliphatic rings. The van der Waals surface area contributed by atoms with E-state index in [2.05, 4.69) is 15.0 Å². The summed E-state index contributed by atoms with van der Waals surface area (Å²) in [7, 11) is 0. The summed E-state index contributed by atoms with van der Waals surface area (Å²) >= 11 is 0. The Balaban J connectivity index is 0.000000845. The molecule has 5 nitrogen and oxygen atoms in total. The van der Waals surface area contributed by atoms with E-state index < -0.39 is 5.91 Å². The number of H-pyrrole nitrogens is 1. The monoisotopic (exact) mass is 198 g/mol. The molecule has 3 N–H and O–H groups in total. The summed E-state index contributed by atoms with van der Waals surface area (Å²) in [6, 6.07) is 0. The average molecular weight is 199 g/mol. The second kappa shape index (κ2) is 3.40. The lowest BCUT2D eigenvalue weighted by atomic mass is 10.3. The fourth-order valence-electron chi connectivity index (χ4n) is 1.04. The van der Waals surface area contributed by atoms with Gasteiger partial charge in [-0.15, -0.1) is 12.4 Å². The average Bonchev–Trinajstić information content (AvgIpc) is 2.47. The minimum absolute atomic E-state index is 0. The largest absolute Gasteiger partial charge is 0.365 e. The molecular formula is C7H7ClN4O. The third-order valence-corrected chi connectivity index (χ3v) is 1.57. The van der Waals surface area contributed by atoms with Gasteiger partial charge in [-0.3, -0.25) is 9.78 Å². The molecule has 0 spiro atoms. The van der Waals surface area contributed by atoms with Gasteiger partial charge in [0.1, 0.15) is 5.52 Å². The molecule has 0 saturated heterocycles. The summed E-state index contributed by atoms with van der Waals surface area (Å²) in [6.45, 7) is 0. The Kier molecular flexibility index (Phi) is 2.48.